The highest BCUT2D eigenvalue weighted by Crippen LogP contribution is 2.21. The molecule has 138 valence electrons. The second-order valence-electron chi connectivity index (χ2n) is 6.19. The molecule has 1 saturated heterocycles. The van der Waals surface area contributed by atoms with Crippen molar-refractivity contribution in [2.45, 2.75) is 19.1 Å². The van der Waals surface area contributed by atoms with Crippen molar-refractivity contribution in [3.63, 3.8) is 0 Å². The summed E-state index contributed by atoms with van der Waals surface area (Å²) in [6, 6.07) is 5.33. The molecule has 1 fully saturated rings. The van der Waals surface area contributed by atoms with E-state index in [9.17, 15) is 9.59 Å². The van der Waals surface area contributed by atoms with E-state index in [0.29, 0.717) is 31.1 Å². The van der Waals surface area contributed by atoms with E-state index in [0.717, 1.165) is 18.5 Å². The van der Waals surface area contributed by atoms with Crippen molar-refractivity contribution >= 4 is 11.8 Å². The Bertz CT molecular complexity index is 747. The predicted octanol–water partition coefficient (Wildman–Crippen LogP) is 0.539. The molecular weight excluding hydrogens is 334 g/mol. The Labute approximate surface area is 151 Å². The monoisotopic (exact) mass is 357 g/mol. The van der Waals surface area contributed by atoms with E-state index in [1.165, 1.54) is 0 Å². The normalized spacial score (nSPS) is 17.0. The summed E-state index contributed by atoms with van der Waals surface area (Å²) in [5.41, 5.74) is 1.38. The van der Waals surface area contributed by atoms with Gasteiger partial charge < -0.3 is 20.4 Å². The molecule has 3 heterocycles. The summed E-state index contributed by atoms with van der Waals surface area (Å²) >= 11 is 0. The van der Waals surface area contributed by atoms with Crippen LogP contribution in [0.2, 0.25) is 0 Å². The molecule has 26 heavy (non-hydrogen) atoms. The Morgan fingerprint density at radius 3 is 3.08 bits per heavy atom. The van der Waals surface area contributed by atoms with Gasteiger partial charge in [0.05, 0.1) is 12.7 Å². The van der Waals surface area contributed by atoms with E-state index in [1.807, 2.05) is 6.07 Å². The highest BCUT2D eigenvalue weighted by molar-refractivity contribution is 5.92. The van der Waals surface area contributed by atoms with Crippen LogP contribution in [0.15, 0.2) is 36.8 Å². The van der Waals surface area contributed by atoms with Crippen LogP contribution in [-0.2, 0) is 11.3 Å². The van der Waals surface area contributed by atoms with Crippen molar-refractivity contribution in [1.82, 2.24) is 25.5 Å². The van der Waals surface area contributed by atoms with Gasteiger partial charge in [-0.15, -0.1) is 0 Å². The number of carbonyl (C=O) groups excluding carboxylic acids is 2. The van der Waals surface area contributed by atoms with Gasteiger partial charge in [0.1, 0.15) is 17.5 Å². The minimum atomic E-state index is -0.171. The average molecular weight is 357 g/mol. The highest BCUT2D eigenvalue weighted by atomic mass is 16.5. The number of rotatable bonds is 7. The van der Waals surface area contributed by atoms with Crippen molar-refractivity contribution in [2.75, 3.05) is 26.7 Å². The third-order valence-electron chi connectivity index (χ3n) is 4.32. The Balaban J connectivity index is 1.56. The molecule has 0 aromatic carbocycles. The molecule has 2 aromatic heterocycles. The van der Waals surface area contributed by atoms with Crippen LogP contribution in [0.3, 0.4) is 0 Å². The fourth-order valence-electron chi connectivity index (χ4n) is 2.90. The number of ether oxygens (including phenoxy) is 1. The second kappa shape index (κ2) is 8.48. The van der Waals surface area contributed by atoms with Crippen LogP contribution in [0.1, 0.15) is 22.5 Å². The number of H-pyrrole nitrogens is 1. The van der Waals surface area contributed by atoms with Crippen LogP contribution in [0, 0.1) is 0 Å². The number of nitrogens with zero attached hydrogens (tertiary/aromatic N) is 2. The smallest absolute Gasteiger partial charge is 0.267 e. The van der Waals surface area contributed by atoms with Crippen molar-refractivity contribution in [2.24, 2.45) is 0 Å². The topological polar surface area (TPSA) is 99.3 Å². The van der Waals surface area contributed by atoms with E-state index in [4.69, 9.17) is 4.74 Å². The Kier molecular flexibility index (Phi) is 5.85. The summed E-state index contributed by atoms with van der Waals surface area (Å²) in [6.07, 6.45) is 5.90. The van der Waals surface area contributed by atoms with E-state index in [1.54, 1.807) is 37.8 Å². The molecule has 0 radical (unpaired) electrons. The van der Waals surface area contributed by atoms with E-state index in [2.05, 4.69) is 25.5 Å². The van der Waals surface area contributed by atoms with Gasteiger partial charge in [0.2, 0.25) is 5.91 Å². The number of hydrogen-bond donors (Lipinski definition) is 3. The fraction of sp³-hybridized carbons (Fsp3) is 0.389. The summed E-state index contributed by atoms with van der Waals surface area (Å²) in [5.74, 6) is 0.487. The van der Waals surface area contributed by atoms with Gasteiger partial charge in [-0.05, 0) is 24.6 Å². The molecule has 3 N–H and O–H groups in total. The standard InChI is InChI=1S/C18H23N5O3/c1-19-17(24)12-23-8-5-14(11-23)26-16-10-20-7-4-13(16)9-22-18(25)15-3-2-6-21-15/h2-4,6-7,10,14,21H,5,8-9,11-12H2,1H3,(H,19,24)(H,22,25)/t14-/m0/s1. The summed E-state index contributed by atoms with van der Waals surface area (Å²) in [7, 11) is 1.63. The number of aromatic nitrogens is 2. The minimum Gasteiger partial charge on any atom is -0.487 e. The van der Waals surface area contributed by atoms with Crippen LogP contribution >= 0.6 is 0 Å². The lowest BCUT2D eigenvalue weighted by molar-refractivity contribution is -0.121. The second-order valence-corrected chi connectivity index (χ2v) is 6.19. The number of nitrogens with one attached hydrogen (secondary N) is 3. The highest BCUT2D eigenvalue weighted by Gasteiger charge is 2.26. The SMILES string of the molecule is CNC(=O)CN1CC[C@H](Oc2cnccc2CNC(=O)c2ccc[nH]2)C1. The first kappa shape index (κ1) is 17.9. The molecule has 1 aliphatic heterocycles. The first-order valence-electron chi connectivity index (χ1n) is 8.60. The van der Waals surface area contributed by atoms with Gasteiger partial charge in [0.15, 0.2) is 0 Å². The summed E-state index contributed by atoms with van der Waals surface area (Å²) < 4.78 is 6.08. The number of likely N-dealkylation sites (N-methyl/N-ethyl adjacent to an activating group) is 1. The third kappa shape index (κ3) is 4.60. The Morgan fingerprint density at radius 1 is 1.42 bits per heavy atom. The molecule has 0 bridgehead atoms. The third-order valence-corrected chi connectivity index (χ3v) is 4.32. The Morgan fingerprint density at radius 2 is 2.31 bits per heavy atom. The predicted molar refractivity (Wildman–Crippen MR) is 95.7 cm³/mol. The summed E-state index contributed by atoms with van der Waals surface area (Å²) in [6.45, 7) is 2.24. The van der Waals surface area contributed by atoms with Gasteiger partial charge in [-0.1, -0.05) is 0 Å². The van der Waals surface area contributed by atoms with Crippen LogP contribution in [0.4, 0.5) is 0 Å². The molecule has 8 heteroatoms. The molecule has 2 amide bonds. The van der Waals surface area contributed by atoms with Crippen molar-refractivity contribution in [3.8, 4) is 5.75 Å². The van der Waals surface area contributed by atoms with Crippen molar-refractivity contribution < 1.29 is 14.3 Å². The number of amides is 2. The van der Waals surface area contributed by atoms with E-state index in [-0.39, 0.29) is 17.9 Å². The zero-order valence-corrected chi connectivity index (χ0v) is 14.7. The summed E-state index contributed by atoms with van der Waals surface area (Å²) in [5, 5.41) is 5.50. The molecule has 0 aliphatic carbocycles. The van der Waals surface area contributed by atoms with E-state index >= 15 is 0 Å². The lowest BCUT2D eigenvalue weighted by atomic mass is 10.2. The lowest BCUT2D eigenvalue weighted by Crippen LogP contribution is -2.35. The number of aromatic amines is 1. The number of pyridine rings is 1. The van der Waals surface area contributed by atoms with Crippen LogP contribution in [0.5, 0.6) is 5.75 Å². The van der Waals surface area contributed by atoms with Gasteiger partial charge in [-0.2, -0.15) is 0 Å². The fourth-order valence-corrected chi connectivity index (χ4v) is 2.90. The molecule has 0 unspecified atom stereocenters. The van der Waals surface area contributed by atoms with Gasteiger partial charge in [0, 0.05) is 44.6 Å². The summed E-state index contributed by atoms with van der Waals surface area (Å²) in [4.78, 5) is 32.6. The first-order chi connectivity index (χ1) is 12.7. The van der Waals surface area contributed by atoms with Crippen LogP contribution in [0.25, 0.3) is 0 Å². The quantitative estimate of drug-likeness (QED) is 0.672. The maximum absolute atomic E-state index is 12.1. The van der Waals surface area contributed by atoms with Gasteiger partial charge in [0.25, 0.3) is 5.91 Å². The maximum atomic E-state index is 12.1. The largest absolute Gasteiger partial charge is 0.487 e. The lowest BCUT2D eigenvalue weighted by Gasteiger charge is -2.18. The zero-order valence-electron chi connectivity index (χ0n) is 14.7. The molecule has 0 spiro atoms. The maximum Gasteiger partial charge on any atom is 0.267 e. The molecule has 1 aliphatic rings. The van der Waals surface area contributed by atoms with Gasteiger partial charge >= 0.3 is 0 Å². The zero-order chi connectivity index (χ0) is 18.4. The molecule has 3 rings (SSSR count). The average Bonchev–Trinajstić information content (AvgIpc) is 3.33. The molecule has 1 atom stereocenters. The number of likely N-dealkylation sites (tertiary alicyclic amines) is 1. The van der Waals surface area contributed by atoms with Gasteiger partial charge in [-0.3, -0.25) is 19.5 Å². The number of hydrogen-bond acceptors (Lipinski definition) is 5. The minimum absolute atomic E-state index is 0.000235. The van der Waals surface area contributed by atoms with Gasteiger partial charge in [-0.25, -0.2) is 0 Å². The molecular formula is C18H23N5O3. The molecule has 2 aromatic rings. The number of carbonyl (C=O) groups is 2. The van der Waals surface area contributed by atoms with Crippen molar-refractivity contribution in [3.05, 3.63) is 48.0 Å². The first-order valence-corrected chi connectivity index (χ1v) is 8.60. The Hall–Kier alpha value is -2.87. The van der Waals surface area contributed by atoms with Crippen molar-refractivity contribution in [1.29, 1.82) is 0 Å². The molecule has 0 saturated carbocycles. The van der Waals surface area contributed by atoms with E-state index < -0.39 is 0 Å². The molecule has 8 nitrogen and oxygen atoms in total. The van der Waals surface area contributed by atoms with Crippen LogP contribution in [-0.4, -0.2) is 59.5 Å². The van der Waals surface area contributed by atoms with Crippen LogP contribution < -0.4 is 15.4 Å².